The van der Waals surface area contributed by atoms with Gasteiger partial charge in [-0.15, -0.1) is 0 Å². The molecule has 110 valence electrons. The summed E-state index contributed by atoms with van der Waals surface area (Å²) >= 11 is 5.83. The van der Waals surface area contributed by atoms with Gasteiger partial charge >= 0.3 is 0 Å². The van der Waals surface area contributed by atoms with E-state index < -0.39 is 0 Å². The summed E-state index contributed by atoms with van der Waals surface area (Å²) in [6.45, 7) is 5.04. The second-order valence-electron chi connectivity index (χ2n) is 5.39. The summed E-state index contributed by atoms with van der Waals surface area (Å²) < 4.78 is 0. The van der Waals surface area contributed by atoms with Crippen molar-refractivity contribution >= 4 is 23.2 Å². The zero-order chi connectivity index (χ0) is 14.5. The van der Waals surface area contributed by atoms with Crippen LogP contribution in [0.25, 0.3) is 0 Å². The number of likely N-dealkylation sites (tertiary alicyclic amines) is 1. The van der Waals surface area contributed by atoms with Crippen LogP contribution in [0.2, 0.25) is 5.02 Å². The molecule has 1 aromatic rings. The van der Waals surface area contributed by atoms with Gasteiger partial charge in [-0.1, -0.05) is 18.0 Å². The first-order valence-electron chi connectivity index (χ1n) is 7.15. The van der Waals surface area contributed by atoms with Crippen LogP contribution in [0.3, 0.4) is 0 Å². The fourth-order valence-corrected chi connectivity index (χ4v) is 2.74. The summed E-state index contributed by atoms with van der Waals surface area (Å²) in [4.78, 5) is 14.5. The van der Waals surface area contributed by atoms with Gasteiger partial charge in [0.1, 0.15) is 0 Å². The number of hydrogen-bond acceptors (Lipinski definition) is 3. The summed E-state index contributed by atoms with van der Waals surface area (Å²) in [5.74, 6) is -0.136. The summed E-state index contributed by atoms with van der Waals surface area (Å²) in [6, 6.07) is 5.30. The molecule has 4 nitrogen and oxygen atoms in total. The minimum Gasteiger partial charge on any atom is -0.398 e. The Balaban J connectivity index is 1.88. The normalized spacial score (nSPS) is 17.7. The Labute approximate surface area is 125 Å². The summed E-state index contributed by atoms with van der Waals surface area (Å²) in [5, 5.41) is 3.49. The molecule has 0 spiro atoms. The number of piperidine rings is 1. The number of nitrogen functional groups attached to an aromatic ring is 1. The Hall–Kier alpha value is -1.26. The molecule has 0 saturated carbocycles. The lowest BCUT2D eigenvalue weighted by molar-refractivity contribution is 0.0931. The molecule has 1 atom stereocenters. The smallest absolute Gasteiger partial charge is 0.253 e. The maximum Gasteiger partial charge on any atom is 0.253 e. The van der Waals surface area contributed by atoms with Crippen LogP contribution in [-0.2, 0) is 0 Å². The molecule has 1 aliphatic heterocycles. The third-order valence-corrected chi connectivity index (χ3v) is 4.07. The van der Waals surface area contributed by atoms with Gasteiger partial charge in [0.25, 0.3) is 5.91 Å². The van der Waals surface area contributed by atoms with Crippen LogP contribution in [0, 0.1) is 0 Å². The number of nitrogens with one attached hydrogen (secondary N) is 1. The van der Waals surface area contributed by atoms with Gasteiger partial charge in [-0.05, 0) is 51.1 Å². The van der Waals surface area contributed by atoms with Crippen molar-refractivity contribution in [2.75, 3.05) is 25.4 Å². The molecule has 20 heavy (non-hydrogen) atoms. The molecule has 0 radical (unpaired) electrons. The third kappa shape index (κ3) is 3.87. The van der Waals surface area contributed by atoms with Gasteiger partial charge in [-0.3, -0.25) is 9.69 Å². The van der Waals surface area contributed by atoms with Gasteiger partial charge in [0.2, 0.25) is 0 Å². The Kier molecular flexibility index (Phi) is 5.26. The summed E-state index contributed by atoms with van der Waals surface area (Å²) in [5.41, 5.74) is 6.72. The molecule has 1 saturated heterocycles. The first-order chi connectivity index (χ1) is 9.58. The quantitative estimate of drug-likeness (QED) is 0.839. The van der Waals surface area contributed by atoms with E-state index in [1.54, 1.807) is 18.2 Å². The number of nitrogens with zero attached hydrogens (tertiary/aromatic N) is 1. The van der Waals surface area contributed by atoms with E-state index in [4.69, 9.17) is 17.3 Å². The number of carbonyl (C=O) groups is 1. The Morgan fingerprint density at radius 3 is 2.75 bits per heavy atom. The van der Waals surface area contributed by atoms with Gasteiger partial charge in [0.05, 0.1) is 5.56 Å². The molecule has 1 unspecified atom stereocenters. The molecule has 1 aromatic carbocycles. The number of rotatable bonds is 4. The van der Waals surface area contributed by atoms with Crippen LogP contribution in [0.1, 0.15) is 36.5 Å². The van der Waals surface area contributed by atoms with Crippen molar-refractivity contribution in [3.05, 3.63) is 28.8 Å². The largest absolute Gasteiger partial charge is 0.398 e. The molecular formula is C15H22ClN3O. The second-order valence-corrected chi connectivity index (χ2v) is 5.82. The molecule has 5 heteroatoms. The van der Waals surface area contributed by atoms with E-state index in [0.29, 0.717) is 28.9 Å². The SMILES string of the molecule is CC(CNC(=O)c1ccc(Cl)cc1N)N1CCCCC1. The average Bonchev–Trinajstić information content (AvgIpc) is 2.45. The molecule has 0 bridgehead atoms. The molecular weight excluding hydrogens is 274 g/mol. The third-order valence-electron chi connectivity index (χ3n) is 3.83. The number of hydrogen-bond donors (Lipinski definition) is 2. The lowest BCUT2D eigenvalue weighted by Crippen LogP contribution is -2.44. The van der Waals surface area contributed by atoms with Crippen molar-refractivity contribution in [3.8, 4) is 0 Å². The first-order valence-corrected chi connectivity index (χ1v) is 7.53. The molecule has 1 amide bonds. The number of carbonyl (C=O) groups excluding carboxylic acids is 1. The van der Waals surface area contributed by atoms with Crippen LogP contribution < -0.4 is 11.1 Å². The van der Waals surface area contributed by atoms with Crippen LogP contribution in [0.4, 0.5) is 5.69 Å². The molecule has 0 aliphatic carbocycles. The molecule has 3 N–H and O–H groups in total. The maximum atomic E-state index is 12.1. The van der Waals surface area contributed by atoms with Gasteiger partial charge < -0.3 is 11.1 Å². The van der Waals surface area contributed by atoms with Crippen molar-refractivity contribution in [2.24, 2.45) is 0 Å². The predicted octanol–water partition coefficient (Wildman–Crippen LogP) is 2.53. The van der Waals surface area contributed by atoms with E-state index in [-0.39, 0.29) is 5.91 Å². The predicted molar refractivity (Wildman–Crippen MR) is 83.1 cm³/mol. The van der Waals surface area contributed by atoms with Crippen molar-refractivity contribution in [1.29, 1.82) is 0 Å². The maximum absolute atomic E-state index is 12.1. The van der Waals surface area contributed by atoms with E-state index in [1.807, 2.05) is 0 Å². The van der Waals surface area contributed by atoms with E-state index in [2.05, 4.69) is 17.1 Å². The van der Waals surface area contributed by atoms with E-state index >= 15 is 0 Å². The molecule has 2 rings (SSSR count). The van der Waals surface area contributed by atoms with Crippen molar-refractivity contribution < 1.29 is 4.79 Å². The molecule has 1 heterocycles. The van der Waals surface area contributed by atoms with Gasteiger partial charge in [0.15, 0.2) is 0 Å². The molecule has 0 aromatic heterocycles. The van der Waals surface area contributed by atoms with Crippen LogP contribution in [-0.4, -0.2) is 36.5 Å². The van der Waals surface area contributed by atoms with Crippen LogP contribution in [0.15, 0.2) is 18.2 Å². The van der Waals surface area contributed by atoms with E-state index in [9.17, 15) is 4.79 Å². The lowest BCUT2D eigenvalue weighted by Gasteiger charge is -2.32. The second kappa shape index (κ2) is 6.95. The Morgan fingerprint density at radius 1 is 1.40 bits per heavy atom. The first kappa shape index (κ1) is 15.1. The highest BCUT2D eigenvalue weighted by Crippen LogP contribution is 2.18. The van der Waals surface area contributed by atoms with E-state index in [0.717, 1.165) is 13.1 Å². The summed E-state index contributed by atoms with van der Waals surface area (Å²) in [6.07, 6.45) is 3.82. The standard InChI is InChI=1S/C15H22ClN3O/c1-11(19-7-3-2-4-8-19)10-18-15(20)13-6-5-12(16)9-14(13)17/h5-6,9,11H,2-4,7-8,10,17H2,1H3,(H,18,20). The van der Waals surface area contributed by atoms with Crippen molar-refractivity contribution in [3.63, 3.8) is 0 Å². The number of halogens is 1. The lowest BCUT2D eigenvalue weighted by atomic mass is 10.1. The fraction of sp³-hybridized carbons (Fsp3) is 0.533. The number of benzene rings is 1. The van der Waals surface area contributed by atoms with Gasteiger partial charge in [0, 0.05) is 23.3 Å². The number of anilines is 1. The highest BCUT2D eigenvalue weighted by atomic mass is 35.5. The Bertz CT molecular complexity index is 472. The topological polar surface area (TPSA) is 58.4 Å². The molecule has 1 aliphatic rings. The number of nitrogens with two attached hydrogens (primary N) is 1. The number of amides is 1. The van der Waals surface area contributed by atoms with Crippen molar-refractivity contribution in [1.82, 2.24) is 10.2 Å². The van der Waals surface area contributed by atoms with Gasteiger partial charge in [-0.25, -0.2) is 0 Å². The van der Waals surface area contributed by atoms with Crippen LogP contribution >= 0.6 is 11.6 Å². The zero-order valence-electron chi connectivity index (χ0n) is 11.9. The highest BCUT2D eigenvalue weighted by Gasteiger charge is 2.18. The highest BCUT2D eigenvalue weighted by molar-refractivity contribution is 6.31. The minimum atomic E-state index is -0.136. The Morgan fingerprint density at radius 2 is 2.10 bits per heavy atom. The van der Waals surface area contributed by atoms with Crippen molar-refractivity contribution in [2.45, 2.75) is 32.2 Å². The minimum absolute atomic E-state index is 0.136. The van der Waals surface area contributed by atoms with E-state index in [1.165, 1.54) is 19.3 Å². The molecule has 1 fully saturated rings. The summed E-state index contributed by atoms with van der Waals surface area (Å²) in [7, 11) is 0. The zero-order valence-corrected chi connectivity index (χ0v) is 12.6. The average molecular weight is 296 g/mol. The van der Waals surface area contributed by atoms with Crippen LogP contribution in [0.5, 0.6) is 0 Å². The monoisotopic (exact) mass is 295 g/mol. The fourth-order valence-electron chi connectivity index (χ4n) is 2.56. The van der Waals surface area contributed by atoms with Gasteiger partial charge in [-0.2, -0.15) is 0 Å².